The molecule has 0 saturated heterocycles. The molecule has 0 radical (unpaired) electrons. The molecule has 1 amide bonds. The molecule has 0 fully saturated rings. The number of methoxy groups -OCH3 is 1. The normalized spacial score (nSPS) is 11.5. The highest BCUT2D eigenvalue weighted by atomic mass is 32.2. The van der Waals surface area contributed by atoms with Gasteiger partial charge < -0.3 is 15.5 Å². The molecule has 0 aliphatic heterocycles. The number of benzene rings is 1. The highest BCUT2D eigenvalue weighted by Crippen LogP contribution is 2.23. The zero-order valence-corrected chi connectivity index (χ0v) is 16.4. The number of hydrogen-bond acceptors (Lipinski definition) is 6. The third kappa shape index (κ3) is 4.66. The molecule has 2 rings (SSSR count). The minimum absolute atomic E-state index is 0.119. The van der Waals surface area contributed by atoms with Crippen molar-refractivity contribution >= 4 is 17.7 Å². The Hall–Kier alpha value is -2.29. The van der Waals surface area contributed by atoms with E-state index in [9.17, 15) is 9.18 Å². The number of hydrogen-bond donors (Lipinski definition) is 1. The van der Waals surface area contributed by atoms with Crippen molar-refractivity contribution in [2.45, 2.75) is 37.9 Å². The number of nitrogens with zero attached hydrogens (tertiary/aromatic N) is 4. The quantitative estimate of drug-likeness (QED) is 0.610. The Labute approximate surface area is 156 Å². The molecule has 9 heteroatoms. The first-order valence-corrected chi connectivity index (χ1v) is 9.02. The van der Waals surface area contributed by atoms with Crippen LogP contribution >= 0.6 is 11.8 Å². The fourth-order valence-electron chi connectivity index (χ4n) is 2.29. The Bertz CT molecular complexity index is 788. The third-order valence-corrected chi connectivity index (χ3v) is 4.65. The van der Waals surface area contributed by atoms with E-state index >= 15 is 0 Å². The van der Waals surface area contributed by atoms with Crippen LogP contribution in [0.4, 0.5) is 4.39 Å². The highest BCUT2D eigenvalue weighted by molar-refractivity contribution is 7.99. The molecule has 2 N–H and O–H groups in total. The van der Waals surface area contributed by atoms with Crippen LogP contribution in [0.1, 0.15) is 32.2 Å². The van der Waals surface area contributed by atoms with E-state index in [1.807, 2.05) is 20.8 Å². The number of nitrogen functional groups attached to an aromatic ring is 1. The Kier molecular flexibility index (Phi) is 6.12. The molecule has 0 bridgehead atoms. The van der Waals surface area contributed by atoms with Crippen molar-refractivity contribution in [3.63, 3.8) is 0 Å². The van der Waals surface area contributed by atoms with E-state index in [-0.39, 0.29) is 22.8 Å². The lowest BCUT2D eigenvalue weighted by molar-refractivity contribution is -0.127. The summed E-state index contributed by atoms with van der Waals surface area (Å²) in [5.41, 5.74) is 0.445. The molecule has 0 atom stereocenters. The number of halogens is 1. The summed E-state index contributed by atoms with van der Waals surface area (Å²) in [5, 5.41) is 8.62. The predicted molar refractivity (Wildman–Crippen MR) is 99.0 cm³/mol. The zero-order chi connectivity index (χ0) is 19.5. The minimum atomic E-state index is -0.453. The van der Waals surface area contributed by atoms with Crippen molar-refractivity contribution < 1.29 is 13.9 Å². The summed E-state index contributed by atoms with van der Waals surface area (Å²) in [6.07, 6.45) is 0. The number of carbonyl (C=O) groups is 1. The summed E-state index contributed by atoms with van der Waals surface area (Å²) in [6.45, 7) is 6.26. The van der Waals surface area contributed by atoms with Gasteiger partial charge in [-0.25, -0.2) is 9.07 Å². The zero-order valence-electron chi connectivity index (χ0n) is 15.6. The molecule has 7 nitrogen and oxygen atoms in total. The van der Waals surface area contributed by atoms with Crippen molar-refractivity contribution in [2.24, 2.45) is 0 Å². The van der Waals surface area contributed by atoms with Crippen molar-refractivity contribution in [1.82, 2.24) is 19.8 Å². The molecule has 0 aliphatic carbocycles. The maximum Gasteiger partial charge on any atom is 0.233 e. The summed E-state index contributed by atoms with van der Waals surface area (Å²) >= 11 is 1.22. The molecule has 0 unspecified atom stereocenters. The van der Waals surface area contributed by atoms with Crippen molar-refractivity contribution in [3.05, 3.63) is 35.4 Å². The predicted octanol–water partition coefficient (Wildman–Crippen LogP) is 2.19. The van der Waals surface area contributed by atoms with Crippen molar-refractivity contribution in [1.29, 1.82) is 0 Å². The van der Waals surface area contributed by atoms with E-state index in [1.54, 1.807) is 19.2 Å². The van der Waals surface area contributed by atoms with Gasteiger partial charge in [-0.1, -0.05) is 38.6 Å². The number of amides is 1. The summed E-state index contributed by atoms with van der Waals surface area (Å²) < 4.78 is 20.1. The first-order chi connectivity index (χ1) is 12.1. The van der Waals surface area contributed by atoms with Gasteiger partial charge >= 0.3 is 0 Å². The fourth-order valence-corrected chi connectivity index (χ4v) is 3.09. The molecule has 142 valence electrons. The Morgan fingerprint density at radius 1 is 1.38 bits per heavy atom. The largest absolute Gasteiger partial charge is 0.494 e. The van der Waals surface area contributed by atoms with E-state index in [4.69, 9.17) is 10.6 Å². The van der Waals surface area contributed by atoms with Gasteiger partial charge in [-0.05, 0) is 17.7 Å². The molecule has 1 aromatic carbocycles. The summed E-state index contributed by atoms with van der Waals surface area (Å²) in [4.78, 5) is 13.9. The van der Waals surface area contributed by atoms with Gasteiger partial charge in [-0.2, -0.15) is 0 Å². The van der Waals surface area contributed by atoms with Crippen LogP contribution in [-0.4, -0.2) is 45.6 Å². The maximum absolute atomic E-state index is 13.7. The first-order valence-electron chi connectivity index (χ1n) is 8.03. The maximum atomic E-state index is 13.7. The smallest absolute Gasteiger partial charge is 0.233 e. The summed E-state index contributed by atoms with van der Waals surface area (Å²) in [7, 11) is 3.07. The van der Waals surface area contributed by atoms with Gasteiger partial charge in [0.05, 0.1) is 12.9 Å². The Morgan fingerprint density at radius 3 is 2.62 bits per heavy atom. The van der Waals surface area contributed by atoms with Gasteiger partial charge in [0, 0.05) is 19.0 Å². The molecule has 1 aromatic heterocycles. The van der Waals surface area contributed by atoms with Crippen LogP contribution in [0.15, 0.2) is 23.4 Å². The van der Waals surface area contributed by atoms with Crippen LogP contribution < -0.4 is 10.6 Å². The molecule has 0 spiro atoms. The van der Waals surface area contributed by atoms with Gasteiger partial charge in [0.1, 0.15) is 0 Å². The van der Waals surface area contributed by atoms with Gasteiger partial charge in [-0.3, -0.25) is 4.79 Å². The molecule has 0 saturated carbocycles. The first kappa shape index (κ1) is 20.0. The standard InChI is InChI=1S/C17H24FN5O2S/c1-17(2,3)15-20-21-16(23(15)19)26-10-14(24)22(4)9-11-6-7-13(25-5)12(18)8-11/h6-8H,9-10,19H2,1-5H3. The van der Waals surface area contributed by atoms with Crippen LogP contribution in [0.25, 0.3) is 0 Å². The van der Waals surface area contributed by atoms with Crippen LogP contribution in [0.2, 0.25) is 0 Å². The van der Waals surface area contributed by atoms with Crippen LogP contribution in [-0.2, 0) is 16.8 Å². The number of aromatic nitrogens is 3. The van der Waals surface area contributed by atoms with Crippen molar-refractivity contribution in [3.8, 4) is 5.75 Å². The Morgan fingerprint density at radius 2 is 2.08 bits per heavy atom. The van der Waals surface area contributed by atoms with Crippen LogP contribution in [0, 0.1) is 5.82 Å². The number of rotatable bonds is 6. The lowest BCUT2D eigenvalue weighted by atomic mass is 9.96. The van der Waals surface area contributed by atoms with E-state index in [2.05, 4.69) is 10.2 Å². The van der Waals surface area contributed by atoms with E-state index in [0.717, 1.165) is 0 Å². The van der Waals surface area contributed by atoms with E-state index in [0.29, 0.717) is 23.1 Å². The fraction of sp³-hybridized carbons (Fsp3) is 0.471. The number of nitrogens with two attached hydrogens (primary N) is 1. The number of ether oxygens (including phenoxy) is 1. The topological polar surface area (TPSA) is 86.3 Å². The molecule has 0 aliphatic rings. The summed E-state index contributed by atoms with van der Waals surface area (Å²) in [6, 6.07) is 4.63. The van der Waals surface area contributed by atoms with E-state index in [1.165, 1.54) is 34.5 Å². The molecular formula is C17H24FN5O2S. The molecule has 26 heavy (non-hydrogen) atoms. The Balaban J connectivity index is 1.95. The monoisotopic (exact) mass is 381 g/mol. The van der Waals surface area contributed by atoms with Crippen LogP contribution in [0.3, 0.4) is 0 Å². The highest BCUT2D eigenvalue weighted by Gasteiger charge is 2.23. The van der Waals surface area contributed by atoms with E-state index < -0.39 is 5.82 Å². The second-order valence-electron chi connectivity index (χ2n) is 6.93. The second-order valence-corrected chi connectivity index (χ2v) is 7.88. The number of carbonyl (C=O) groups excluding carboxylic acids is 1. The minimum Gasteiger partial charge on any atom is -0.494 e. The molecule has 1 heterocycles. The van der Waals surface area contributed by atoms with Gasteiger partial charge in [0.25, 0.3) is 0 Å². The SMILES string of the molecule is COc1ccc(CN(C)C(=O)CSc2nnc(C(C)(C)C)n2N)cc1F. The summed E-state index contributed by atoms with van der Waals surface area (Å²) in [5.74, 6) is 6.43. The average Bonchev–Trinajstić information content (AvgIpc) is 2.93. The van der Waals surface area contributed by atoms with Gasteiger partial charge in [0.15, 0.2) is 17.4 Å². The molecule has 2 aromatic rings. The van der Waals surface area contributed by atoms with Crippen LogP contribution in [0.5, 0.6) is 5.75 Å². The third-order valence-electron chi connectivity index (χ3n) is 3.72. The lowest BCUT2D eigenvalue weighted by Gasteiger charge is -2.18. The lowest BCUT2D eigenvalue weighted by Crippen LogP contribution is -2.28. The molecular weight excluding hydrogens is 357 g/mol. The van der Waals surface area contributed by atoms with Gasteiger partial charge in [0.2, 0.25) is 11.1 Å². The number of thioether (sulfide) groups is 1. The van der Waals surface area contributed by atoms with Crippen molar-refractivity contribution in [2.75, 3.05) is 25.8 Å². The average molecular weight is 381 g/mol. The van der Waals surface area contributed by atoms with Gasteiger partial charge in [-0.15, -0.1) is 10.2 Å². The second kappa shape index (κ2) is 7.94.